The second-order valence-electron chi connectivity index (χ2n) is 2.80. The summed E-state index contributed by atoms with van der Waals surface area (Å²) in [5, 5.41) is 0. The van der Waals surface area contributed by atoms with Crippen LogP contribution in [0, 0.1) is 0 Å². The Kier molecular flexibility index (Phi) is 2.86. The molecule has 14 heavy (non-hydrogen) atoms. The Bertz CT molecular complexity index is 457. The van der Waals surface area contributed by atoms with E-state index in [1.165, 1.54) is 19.1 Å². The molecule has 1 aromatic carbocycles. The van der Waals surface area contributed by atoms with Gasteiger partial charge in [-0.3, -0.25) is 4.79 Å². The minimum atomic E-state index is -3.68. The Balaban J connectivity index is 3.23. The SMILES string of the molecule is C=C(C(C)=O)S(=O)(=O)c1ccccc1. The van der Waals surface area contributed by atoms with Gasteiger partial charge in [0.1, 0.15) is 4.91 Å². The molecular formula is C10H10O3S. The van der Waals surface area contributed by atoms with Crippen LogP contribution in [0.2, 0.25) is 0 Å². The zero-order valence-electron chi connectivity index (χ0n) is 7.73. The molecule has 0 aliphatic rings. The summed E-state index contributed by atoms with van der Waals surface area (Å²) < 4.78 is 23.3. The quantitative estimate of drug-likeness (QED) is 0.711. The Morgan fingerprint density at radius 1 is 1.21 bits per heavy atom. The fourth-order valence-corrected chi connectivity index (χ4v) is 2.11. The van der Waals surface area contributed by atoms with Crippen molar-refractivity contribution in [2.75, 3.05) is 0 Å². The molecule has 0 N–H and O–H groups in total. The fraction of sp³-hybridized carbons (Fsp3) is 0.100. The number of carbonyl (C=O) groups is 1. The Morgan fingerprint density at radius 3 is 2.14 bits per heavy atom. The first-order valence-corrected chi connectivity index (χ1v) is 5.44. The molecule has 1 aromatic rings. The maximum Gasteiger partial charge on any atom is 0.209 e. The third-order valence-electron chi connectivity index (χ3n) is 1.77. The summed E-state index contributed by atoms with van der Waals surface area (Å²) in [5.74, 6) is -0.533. The summed E-state index contributed by atoms with van der Waals surface area (Å²) in [5.41, 5.74) is 0. The van der Waals surface area contributed by atoms with Crippen molar-refractivity contribution in [3.63, 3.8) is 0 Å². The molecule has 4 heteroatoms. The van der Waals surface area contributed by atoms with Gasteiger partial charge in [-0.25, -0.2) is 8.42 Å². The first-order chi connectivity index (χ1) is 6.46. The van der Waals surface area contributed by atoms with Gasteiger partial charge in [-0.05, 0) is 19.1 Å². The zero-order valence-corrected chi connectivity index (χ0v) is 8.54. The van der Waals surface area contributed by atoms with Gasteiger partial charge in [-0.2, -0.15) is 0 Å². The molecule has 0 radical (unpaired) electrons. The summed E-state index contributed by atoms with van der Waals surface area (Å²) in [6.45, 7) is 4.45. The molecular weight excluding hydrogens is 200 g/mol. The lowest BCUT2D eigenvalue weighted by Gasteiger charge is -2.03. The van der Waals surface area contributed by atoms with Gasteiger partial charge in [0.05, 0.1) is 4.90 Å². The number of hydrogen-bond acceptors (Lipinski definition) is 3. The molecule has 74 valence electrons. The van der Waals surface area contributed by atoms with Crippen molar-refractivity contribution in [1.29, 1.82) is 0 Å². The van der Waals surface area contributed by atoms with Gasteiger partial charge in [0.2, 0.25) is 9.84 Å². The van der Waals surface area contributed by atoms with Crippen molar-refractivity contribution in [2.45, 2.75) is 11.8 Å². The van der Waals surface area contributed by atoms with E-state index in [1.807, 2.05) is 0 Å². The van der Waals surface area contributed by atoms with Crippen molar-refractivity contribution in [1.82, 2.24) is 0 Å². The average molecular weight is 210 g/mol. The molecule has 0 atom stereocenters. The molecule has 0 saturated carbocycles. The number of Topliss-reactive ketones (excluding diaryl/α,β-unsaturated/α-hetero) is 1. The van der Waals surface area contributed by atoms with Crippen LogP contribution in [0.3, 0.4) is 0 Å². The third kappa shape index (κ3) is 1.90. The lowest BCUT2D eigenvalue weighted by atomic mass is 10.4. The highest BCUT2D eigenvalue weighted by molar-refractivity contribution is 7.96. The highest BCUT2D eigenvalue weighted by atomic mass is 32.2. The molecule has 0 fully saturated rings. The van der Waals surface area contributed by atoms with Gasteiger partial charge < -0.3 is 0 Å². The molecule has 3 nitrogen and oxygen atoms in total. The molecule has 0 aliphatic heterocycles. The number of sulfone groups is 1. The molecule has 0 unspecified atom stereocenters. The molecule has 0 aliphatic carbocycles. The van der Waals surface area contributed by atoms with E-state index in [-0.39, 0.29) is 9.80 Å². The largest absolute Gasteiger partial charge is 0.294 e. The van der Waals surface area contributed by atoms with Crippen LogP contribution in [0.1, 0.15) is 6.92 Å². The molecule has 0 saturated heterocycles. The number of ketones is 1. The first kappa shape index (κ1) is 10.7. The maximum absolute atomic E-state index is 11.7. The fourth-order valence-electron chi connectivity index (χ4n) is 0.931. The number of rotatable bonds is 3. The smallest absolute Gasteiger partial charge is 0.209 e. The lowest BCUT2D eigenvalue weighted by molar-refractivity contribution is -0.113. The van der Waals surface area contributed by atoms with E-state index in [0.717, 1.165) is 0 Å². The van der Waals surface area contributed by atoms with E-state index in [0.29, 0.717) is 0 Å². The summed E-state index contributed by atoms with van der Waals surface area (Å²) in [6, 6.07) is 7.77. The molecule has 0 aromatic heterocycles. The topological polar surface area (TPSA) is 51.2 Å². The van der Waals surface area contributed by atoms with E-state index < -0.39 is 15.6 Å². The Labute approximate surface area is 83.0 Å². The van der Waals surface area contributed by atoms with Crippen LogP contribution in [0.15, 0.2) is 46.7 Å². The van der Waals surface area contributed by atoms with Crippen LogP contribution < -0.4 is 0 Å². The van der Waals surface area contributed by atoms with Crippen molar-refractivity contribution >= 4 is 15.6 Å². The van der Waals surface area contributed by atoms with Crippen molar-refractivity contribution < 1.29 is 13.2 Å². The van der Waals surface area contributed by atoms with Gasteiger partial charge in [-0.15, -0.1) is 0 Å². The predicted molar refractivity (Wildman–Crippen MR) is 53.4 cm³/mol. The van der Waals surface area contributed by atoms with Crippen LogP contribution in [-0.4, -0.2) is 14.2 Å². The summed E-state index contributed by atoms with van der Waals surface area (Å²) in [6.07, 6.45) is 0. The normalized spacial score (nSPS) is 10.9. The van der Waals surface area contributed by atoms with Crippen molar-refractivity contribution in [3.8, 4) is 0 Å². The second kappa shape index (κ2) is 3.75. The van der Waals surface area contributed by atoms with Gasteiger partial charge in [-0.1, -0.05) is 24.8 Å². The first-order valence-electron chi connectivity index (χ1n) is 3.96. The van der Waals surface area contributed by atoms with E-state index in [4.69, 9.17) is 0 Å². The lowest BCUT2D eigenvalue weighted by Crippen LogP contribution is -2.09. The highest BCUT2D eigenvalue weighted by Gasteiger charge is 2.21. The zero-order chi connectivity index (χ0) is 10.8. The molecule has 0 bridgehead atoms. The van der Waals surface area contributed by atoms with E-state index in [1.54, 1.807) is 18.2 Å². The summed E-state index contributed by atoms with van der Waals surface area (Å²) in [4.78, 5) is 10.6. The Morgan fingerprint density at radius 2 is 1.71 bits per heavy atom. The molecule has 0 amide bonds. The number of carbonyl (C=O) groups excluding carboxylic acids is 1. The van der Waals surface area contributed by atoms with Gasteiger partial charge in [0, 0.05) is 0 Å². The monoisotopic (exact) mass is 210 g/mol. The van der Waals surface area contributed by atoms with Crippen LogP contribution >= 0.6 is 0 Å². The maximum atomic E-state index is 11.7. The van der Waals surface area contributed by atoms with Crippen LogP contribution in [0.4, 0.5) is 0 Å². The van der Waals surface area contributed by atoms with Crippen molar-refractivity contribution in [3.05, 3.63) is 41.8 Å². The van der Waals surface area contributed by atoms with E-state index in [9.17, 15) is 13.2 Å². The minimum absolute atomic E-state index is 0.0974. The Hall–Kier alpha value is -1.42. The van der Waals surface area contributed by atoms with Crippen LogP contribution in [0.5, 0.6) is 0 Å². The predicted octanol–water partition coefficient (Wildman–Crippen LogP) is 1.56. The summed E-state index contributed by atoms with van der Waals surface area (Å²) >= 11 is 0. The number of hydrogen-bond donors (Lipinski definition) is 0. The van der Waals surface area contributed by atoms with Crippen LogP contribution in [-0.2, 0) is 14.6 Å². The second-order valence-corrected chi connectivity index (χ2v) is 4.77. The van der Waals surface area contributed by atoms with Crippen LogP contribution in [0.25, 0.3) is 0 Å². The average Bonchev–Trinajstić information content (AvgIpc) is 2.18. The third-order valence-corrected chi connectivity index (χ3v) is 3.60. The standard InChI is InChI=1S/C10H10O3S/c1-8(11)9(2)14(12,13)10-6-4-3-5-7-10/h3-7H,2H2,1H3. The minimum Gasteiger partial charge on any atom is -0.294 e. The highest BCUT2D eigenvalue weighted by Crippen LogP contribution is 2.17. The van der Waals surface area contributed by atoms with Gasteiger partial charge in [0.15, 0.2) is 5.78 Å². The number of benzene rings is 1. The van der Waals surface area contributed by atoms with Crippen molar-refractivity contribution in [2.24, 2.45) is 0 Å². The van der Waals surface area contributed by atoms with Gasteiger partial charge in [0.25, 0.3) is 0 Å². The molecule has 1 rings (SSSR count). The number of allylic oxidation sites excluding steroid dienone is 1. The van der Waals surface area contributed by atoms with E-state index >= 15 is 0 Å². The van der Waals surface area contributed by atoms with E-state index in [2.05, 4.69) is 6.58 Å². The molecule has 0 spiro atoms. The summed E-state index contributed by atoms with van der Waals surface area (Å²) in [7, 11) is -3.68. The van der Waals surface area contributed by atoms with Gasteiger partial charge >= 0.3 is 0 Å². The molecule has 0 heterocycles.